The largest absolute Gasteiger partial charge is 0.416 e. The summed E-state index contributed by atoms with van der Waals surface area (Å²) in [5.74, 6) is 0.419. The average Bonchev–Trinajstić information content (AvgIpc) is 2.88. The van der Waals surface area contributed by atoms with Crippen molar-refractivity contribution in [2.75, 3.05) is 7.05 Å². The van der Waals surface area contributed by atoms with E-state index in [1.54, 1.807) is 6.07 Å². The van der Waals surface area contributed by atoms with Crippen molar-refractivity contribution >= 4 is 11.3 Å². The van der Waals surface area contributed by atoms with Crippen LogP contribution < -0.4 is 5.32 Å². The van der Waals surface area contributed by atoms with E-state index in [9.17, 15) is 13.2 Å². The van der Waals surface area contributed by atoms with Crippen molar-refractivity contribution in [3.8, 4) is 10.4 Å². The summed E-state index contributed by atoms with van der Waals surface area (Å²) < 4.78 is 38.3. The van der Waals surface area contributed by atoms with E-state index in [-0.39, 0.29) is 6.04 Å². The molecule has 2 aromatic rings. The molecule has 0 saturated heterocycles. The lowest BCUT2D eigenvalue weighted by Crippen LogP contribution is -2.20. The Morgan fingerprint density at radius 3 is 2.38 bits per heavy atom. The van der Waals surface area contributed by atoms with Crippen LogP contribution in [0.2, 0.25) is 0 Å². The number of rotatable bonds is 4. The van der Waals surface area contributed by atoms with Gasteiger partial charge in [-0.05, 0) is 42.8 Å². The molecule has 0 aliphatic heterocycles. The van der Waals surface area contributed by atoms with E-state index in [1.807, 2.05) is 19.2 Å². The van der Waals surface area contributed by atoms with Crippen molar-refractivity contribution in [1.82, 2.24) is 5.32 Å². The fourth-order valence-electron chi connectivity index (χ4n) is 2.33. The second-order valence-electron chi connectivity index (χ2n) is 5.29. The predicted octanol–water partition coefficient (Wildman–Crippen LogP) is 5.35. The van der Waals surface area contributed by atoms with Gasteiger partial charge < -0.3 is 5.32 Å². The quantitative estimate of drug-likeness (QED) is 0.802. The maximum absolute atomic E-state index is 12.8. The third-order valence-corrected chi connectivity index (χ3v) is 4.60. The van der Waals surface area contributed by atoms with Crippen LogP contribution in [0.5, 0.6) is 0 Å². The highest BCUT2D eigenvalue weighted by Crippen LogP contribution is 2.36. The third kappa shape index (κ3) is 3.66. The molecule has 0 fully saturated rings. The van der Waals surface area contributed by atoms with Crippen LogP contribution in [0.15, 0.2) is 36.4 Å². The highest BCUT2D eigenvalue weighted by molar-refractivity contribution is 7.15. The smallest absolute Gasteiger partial charge is 0.312 e. The first-order chi connectivity index (χ1) is 9.82. The molecule has 1 atom stereocenters. The first-order valence-electron chi connectivity index (χ1n) is 6.77. The number of thiophene rings is 1. The van der Waals surface area contributed by atoms with Gasteiger partial charge in [0.2, 0.25) is 0 Å². The Hall–Kier alpha value is -1.33. The molecule has 1 aromatic heterocycles. The van der Waals surface area contributed by atoms with Gasteiger partial charge in [-0.15, -0.1) is 11.3 Å². The van der Waals surface area contributed by atoms with Gasteiger partial charge in [0.1, 0.15) is 0 Å². The topological polar surface area (TPSA) is 12.0 Å². The molecular weight excluding hydrogens is 295 g/mol. The molecule has 21 heavy (non-hydrogen) atoms. The molecule has 0 radical (unpaired) electrons. The van der Waals surface area contributed by atoms with Crippen molar-refractivity contribution in [2.24, 2.45) is 5.92 Å². The molecule has 1 heterocycles. The highest BCUT2D eigenvalue weighted by Gasteiger charge is 2.30. The molecule has 0 spiro atoms. The van der Waals surface area contributed by atoms with Crippen LogP contribution in [0.25, 0.3) is 10.4 Å². The van der Waals surface area contributed by atoms with Crippen molar-refractivity contribution in [3.05, 3.63) is 46.8 Å². The molecule has 1 aromatic carbocycles. The normalized spacial score (nSPS) is 13.7. The summed E-state index contributed by atoms with van der Waals surface area (Å²) >= 11 is 1.54. The maximum atomic E-state index is 12.8. The van der Waals surface area contributed by atoms with Gasteiger partial charge in [0.05, 0.1) is 5.56 Å². The third-order valence-electron chi connectivity index (χ3n) is 3.39. The van der Waals surface area contributed by atoms with Gasteiger partial charge in [-0.1, -0.05) is 26.0 Å². The maximum Gasteiger partial charge on any atom is 0.416 e. The first-order valence-corrected chi connectivity index (χ1v) is 7.59. The Bertz CT molecular complexity index is 602. The lowest BCUT2D eigenvalue weighted by atomic mass is 10.0. The van der Waals surface area contributed by atoms with E-state index < -0.39 is 11.7 Å². The van der Waals surface area contributed by atoms with Gasteiger partial charge in [0.25, 0.3) is 0 Å². The van der Waals surface area contributed by atoms with Crippen LogP contribution in [0.1, 0.15) is 30.3 Å². The van der Waals surface area contributed by atoms with Gasteiger partial charge in [0.15, 0.2) is 0 Å². The van der Waals surface area contributed by atoms with Gasteiger partial charge >= 0.3 is 6.18 Å². The summed E-state index contributed by atoms with van der Waals surface area (Å²) in [5, 5.41) is 3.25. The minimum Gasteiger partial charge on any atom is -0.312 e. The van der Waals surface area contributed by atoms with Crippen LogP contribution in [0, 0.1) is 5.92 Å². The molecule has 114 valence electrons. The molecule has 5 heteroatoms. The second-order valence-corrected chi connectivity index (χ2v) is 6.41. The fraction of sp³-hybridized carbons (Fsp3) is 0.375. The van der Waals surface area contributed by atoms with E-state index in [0.29, 0.717) is 11.5 Å². The molecule has 1 nitrogen and oxygen atoms in total. The number of halogens is 3. The number of hydrogen-bond donors (Lipinski definition) is 1. The Kier molecular flexibility index (Phi) is 4.74. The van der Waals surface area contributed by atoms with Gasteiger partial charge in [-0.25, -0.2) is 0 Å². The van der Waals surface area contributed by atoms with Crippen LogP contribution >= 0.6 is 11.3 Å². The number of nitrogens with one attached hydrogen (secondary N) is 1. The van der Waals surface area contributed by atoms with Gasteiger partial charge in [-0.3, -0.25) is 0 Å². The number of alkyl halides is 3. The van der Waals surface area contributed by atoms with Gasteiger partial charge in [0, 0.05) is 15.8 Å². The summed E-state index contributed by atoms with van der Waals surface area (Å²) in [4.78, 5) is 2.00. The zero-order chi connectivity index (χ0) is 15.6. The second kappa shape index (κ2) is 6.20. The zero-order valence-corrected chi connectivity index (χ0v) is 13.0. The van der Waals surface area contributed by atoms with Crippen molar-refractivity contribution < 1.29 is 13.2 Å². The van der Waals surface area contributed by atoms with Gasteiger partial charge in [-0.2, -0.15) is 13.2 Å². The Morgan fingerprint density at radius 1 is 1.10 bits per heavy atom. The van der Waals surface area contributed by atoms with E-state index in [0.717, 1.165) is 15.8 Å². The molecular formula is C16H18F3NS. The van der Waals surface area contributed by atoms with Crippen LogP contribution in [-0.2, 0) is 6.18 Å². The van der Waals surface area contributed by atoms with Crippen molar-refractivity contribution in [2.45, 2.75) is 26.1 Å². The number of hydrogen-bond acceptors (Lipinski definition) is 2. The molecule has 0 saturated carbocycles. The average molecular weight is 313 g/mol. The monoisotopic (exact) mass is 313 g/mol. The Balaban J connectivity index is 2.34. The molecule has 0 bridgehead atoms. The van der Waals surface area contributed by atoms with E-state index in [2.05, 4.69) is 19.2 Å². The molecule has 2 rings (SSSR count). The summed E-state index contributed by atoms with van der Waals surface area (Å²) in [6.07, 6.45) is -4.30. The molecule has 0 aliphatic rings. The SMILES string of the molecule is CNC(c1ccc(-c2cccc(C(F)(F)F)c2)s1)C(C)C. The standard InChI is InChI=1S/C16H18F3NS/c1-10(2)15(20-3)14-8-7-13(21-14)11-5-4-6-12(9-11)16(17,18)19/h4-10,15,20H,1-3H3. The lowest BCUT2D eigenvalue weighted by Gasteiger charge is -2.18. The van der Waals surface area contributed by atoms with Crippen LogP contribution in [-0.4, -0.2) is 7.05 Å². The molecule has 1 N–H and O–H groups in total. The summed E-state index contributed by atoms with van der Waals surface area (Å²) in [5.41, 5.74) is 0.00339. The summed E-state index contributed by atoms with van der Waals surface area (Å²) in [7, 11) is 1.90. The minimum atomic E-state index is -4.30. The summed E-state index contributed by atoms with van der Waals surface area (Å²) in [6.45, 7) is 4.23. The zero-order valence-electron chi connectivity index (χ0n) is 12.2. The first kappa shape index (κ1) is 16.0. The highest BCUT2D eigenvalue weighted by atomic mass is 32.1. The summed E-state index contributed by atoms with van der Waals surface area (Å²) in [6, 6.07) is 9.57. The van der Waals surface area contributed by atoms with E-state index >= 15 is 0 Å². The van der Waals surface area contributed by atoms with Crippen LogP contribution in [0.3, 0.4) is 0 Å². The minimum absolute atomic E-state index is 0.217. The number of benzene rings is 1. The van der Waals surface area contributed by atoms with Crippen LogP contribution in [0.4, 0.5) is 13.2 Å². The molecule has 0 aliphatic carbocycles. The van der Waals surface area contributed by atoms with E-state index in [1.165, 1.54) is 23.5 Å². The molecule has 0 amide bonds. The predicted molar refractivity (Wildman–Crippen MR) is 81.4 cm³/mol. The lowest BCUT2D eigenvalue weighted by molar-refractivity contribution is -0.137. The fourth-order valence-corrected chi connectivity index (χ4v) is 3.62. The Morgan fingerprint density at radius 2 is 1.81 bits per heavy atom. The molecule has 1 unspecified atom stereocenters. The van der Waals surface area contributed by atoms with Crippen molar-refractivity contribution in [1.29, 1.82) is 0 Å². The van der Waals surface area contributed by atoms with Crippen molar-refractivity contribution in [3.63, 3.8) is 0 Å². The van der Waals surface area contributed by atoms with E-state index in [4.69, 9.17) is 0 Å². The Labute approximate surface area is 126 Å².